The Hall–Kier alpha value is -1.60. The molecular weight excluding hydrogens is 366 g/mol. The van der Waals surface area contributed by atoms with Crippen LogP contribution in [0.4, 0.5) is 0 Å². The summed E-state index contributed by atoms with van der Waals surface area (Å²) in [6.45, 7) is 0.973. The lowest BCUT2D eigenvalue weighted by Gasteiger charge is -2.35. The molecule has 0 radical (unpaired) electrons. The second-order valence-electron chi connectivity index (χ2n) is 5.60. The molecule has 1 aromatic carbocycles. The maximum atomic E-state index is 12.1. The zero-order chi connectivity index (χ0) is 16.9. The summed E-state index contributed by atoms with van der Waals surface area (Å²) in [5, 5.41) is 18.8. The van der Waals surface area contributed by atoms with Gasteiger partial charge in [0.05, 0.1) is 11.1 Å². The van der Waals surface area contributed by atoms with Crippen molar-refractivity contribution < 1.29 is 24.5 Å². The first-order chi connectivity index (χ1) is 10.9. The van der Waals surface area contributed by atoms with E-state index in [1.165, 1.54) is 0 Å². The van der Waals surface area contributed by atoms with Crippen molar-refractivity contribution in [2.24, 2.45) is 0 Å². The number of hydrogen-bond donors (Lipinski definition) is 2. The van der Waals surface area contributed by atoms with E-state index >= 15 is 0 Å². The first-order valence-corrected chi connectivity index (χ1v) is 8.32. The third-order valence-corrected chi connectivity index (χ3v) is 4.63. The lowest BCUT2D eigenvalue weighted by atomic mass is 9.91. The minimum Gasteiger partial charge on any atom is -0.492 e. The predicted molar refractivity (Wildman–Crippen MR) is 87.3 cm³/mol. The number of aliphatic hydroxyl groups is 1. The Kier molecular flexibility index (Phi) is 6.01. The molecule has 6 nitrogen and oxygen atoms in total. The fraction of sp³-hybridized carbons (Fsp3) is 0.500. The summed E-state index contributed by atoms with van der Waals surface area (Å²) in [6.07, 6.45) is 1.07. The van der Waals surface area contributed by atoms with Crippen LogP contribution in [0.5, 0.6) is 5.75 Å². The van der Waals surface area contributed by atoms with Gasteiger partial charge in [-0.05, 0) is 34.5 Å². The summed E-state index contributed by atoms with van der Waals surface area (Å²) in [5.74, 6) is -0.510. The lowest BCUT2D eigenvalue weighted by molar-refractivity contribution is -0.165. The van der Waals surface area contributed by atoms with Crippen molar-refractivity contribution >= 4 is 27.8 Å². The molecule has 0 unspecified atom stereocenters. The fourth-order valence-electron chi connectivity index (χ4n) is 2.47. The van der Waals surface area contributed by atoms with Crippen LogP contribution in [0.15, 0.2) is 28.7 Å². The quantitative estimate of drug-likeness (QED) is 0.731. The number of nitrogens with zero attached hydrogens (tertiary/aromatic N) is 1. The molecule has 1 saturated heterocycles. The van der Waals surface area contributed by atoms with Crippen LogP contribution in [0.1, 0.15) is 25.7 Å². The van der Waals surface area contributed by atoms with Gasteiger partial charge in [0.1, 0.15) is 5.75 Å². The highest BCUT2D eigenvalue weighted by atomic mass is 79.9. The molecule has 7 heteroatoms. The Morgan fingerprint density at radius 1 is 1.26 bits per heavy atom. The van der Waals surface area contributed by atoms with Gasteiger partial charge in [-0.15, -0.1) is 0 Å². The molecule has 1 amide bonds. The second kappa shape index (κ2) is 7.79. The SMILES string of the molecule is O=C(CCCOc1ccccc1Br)N1CCC(O)(C(=O)O)CC1. The maximum Gasteiger partial charge on any atom is 0.335 e. The van der Waals surface area contributed by atoms with Crippen LogP contribution in [0.2, 0.25) is 0 Å². The van der Waals surface area contributed by atoms with E-state index < -0.39 is 11.6 Å². The third kappa shape index (κ3) is 4.68. The van der Waals surface area contributed by atoms with E-state index in [1.54, 1.807) is 4.90 Å². The zero-order valence-electron chi connectivity index (χ0n) is 12.7. The number of para-hydroxylation sites is 1. The molecule has 2 N–H and O–H groups in total. The molecule has 1 aromatic rings. The van der Waals surface area contributed by atoms with Gasteiger partial charge in [0.15, 0.2) is 5.60 Å². The van der Waals surface area contributed by atoms with E-state index in [-0.39, 0.29) is 31.8 Å². The minimum atomic E-state index is -1.69. The van der Waals surface area contributed by atoms with E-state index in [1.807, 2.05) is 24.3 Å². The van der Waals surface area contributed by atoms with Crippen molar-refractivity contribution in [3.8, 4) is 5.75 Å². The lowest BCUT2D eigenvalue weighted by Crippen LogP contribution is -2.50. The monoisotopic (exact) mass is 385 g/mol. The van der Waals surface area contributed by atoms with Crippen LogP contribution in [-0.4, -0.2) is 52.3 Å². The molecule has 1 aliphatic rings. The van der Waals surface area contributed by atoms with Crippen LogP contribution in [0, 0.1) is 0 Å². The van der Waals surface area contributed by atoms with Crippen molar-refractivity contribution in [3.05, 3.63) is 28.7 Å². The van der Waals surface area contributed by atoms with Crippen LogP contribution >= 0.6 is 15.9 Å². The van der Waals surface area contributed by atoms with Crippen molar-refractivity contribution in [2.75, 3.05) is 19.7 Å². The number of benzene rings is 1. The Bertz CT molecular complexity index is 569. The number of amides is 1. The second-order valence-corrected chi connectivity index (χ2v) is 6.45. The molecular formula is C16H20BrNO5. The van der Waals surface area contributed by atoms with Crippen molar-refractivity contribution in [1.29, 1.82) is 0 Å². The first-order valence-electron chi connectivity index (χ1n) is 7.53. The summed E-state index contributed by atoms with van der Waals surface area (Å²) in [6, 6.07) is 7.51. The van der Waals surface area contributed by atoms with E-state index in [4.69, 9.17) is 9.84 Å². The summed E-state index contributed by atoms with van der Waals surface area (Å²) in [4.78, 5) is 24.6. The fourth-order valence-corrected chi connectivity index (χ4v) is 2.86. The number of halogens is 1. The number of likely N-dealkylation sites (tertiary alicyclic amines) is 1. The van der Waals surface area contributed by atoms with Crippen LogP contribution < -0.4 is 4.74 Å². The molecule has 1 fully saturated rings. The number of piperidine rings is 1. The number of rotatable bonds is 6. The minimum absolute atomic E-state index is 0.0341. The predicted octanol–water partition coefficient (Wildman–Crippen LogP) is 2.05. The standard InChI is InChI=1S/C16H20BrNO5/c17-12-4-1-2-5-13(12)23-11-3-6-14(19)18-9-7-16(22,8-10-18)15(20)21/h1-2,4-5,22H,3,6-11H2,(H,20,21). The van der Waals surface area contributed by atoms with Gasteiger partial charge in [-0.3, -0.25) is 4.79 Å². The number of ether oxygens (including phenoxy) is 1. The average molecular weight is 386 g/mol. The van der Waals surface area contributed by atoms with Crippen molar-refractivity contribution in [3.63, 3.8) is 0 Å². The molecule has 0 aliphatic carbocycles. The molecule has 0 saturated carbocycles. The summed E-state index contributed by atoms with van der Waals surface area (Å²) < 4.78 is 6.47. The highest BCUT2D eigenvalue weighted by molar-refractivity contribution is 9.10. The number of hydrogen-bond acceptors (Lipinski definition) is 4. The van der Waals surface area contributed by atoms with Gasteiger partial charge in [0.2, 0.25) is 5.91 Å². The van der Waals surface area contributed by atoms with E-state index in [0.29, 0.717) is 19.4 Å². The molecule has 23 heavy (non-hydrogen) atoms. The largest absolute Gasteiger partial charge is 0.492 e. The van der Waals surface area contributed by atoms with Gasteiger partial charge in [0, 0.05) is 32.4 Å². The highest BCUT2D eigenvalue weighted by Crippen LogP contribution is 2.25. The van der Waals surface area contributed by atoms with Crippen LogP contribution in [0.3, 0.4) is 0 Å². The average Bonchev–Trinajstić information content (AvgIpc) is 2.53. The maximum absolute atomic E-state index is 12.1. The number of aliphatic carboxylic acids is 1. The summed E-state index contributed by atoms with van der Waals surface area (Å²) in [5.41, 5.74) is -1.69. The Balaban J connectivity index is 1.70. The van der Waals surface area contributed by atoms with Crippen molar-refractivity contribution in [2.45, 2.75) is 31.3 Å². The van der Waals surface area contributed by atoms with Crippen LogP contribution in [-0.2, 0) is 9.59 Å². The normalized spacial score (nSPS) is 16.9. The number of carboxylic acid groups (broad SMARTS) is 1. The van der Waals surface area contributed by atoms with Gasteiger partial charge in [-0.25, -0.2) is 4.79 Å². The molecule has 0 aromatic heterocycles. The highest BCUT2D eigenvalue weighted by Gasteiger charge is 2.40. The van der Waals surface area contributed by atoms with Crippen LogP contribution in [0.25, 0.3) is 0 Å². The molecule has 0 atom stereocenters. The van der Waals surface area contributed by atoms with E-state index in [0.717, 1.165) is 10.2 Å². The Morgan fingerprint density at radius 3 is 2.52 bits per heavy atom. The van der Waals surface area contributed by atoms with E-state index in [2.05, 4.69) is 15.9 Å². The molecule has 2 rings (SSSR count). The van der Waals surface area contributed by atoms with Crippen molar-refractivity contribution in [1.82, 2.24) is 4.90 Å². The number of carbonyl (C=O) groups excluding carboxylic acids is 1. The smallest absolute Gasteiger partial charge is 0.335 e. The molecule has 1 aliphatic heterocycles. The third-order valence-electron chi connectivity index (χ3n) is 3.97. The zero-order valence-corrected chi connectivity index (χ0v) is 14.3. The van der Waals surface area contributed by atoms with Gasteiger partial charge in [0.25, 0.3) is 0 Å². The molecule has 126 valence electrons. The molecule has 0 bridgehead atoms. The first kappa shape index (κ1) is 17.7. The Morgan fingerprint density at radius 2 is 1.91 bits per heavy atom. The molecule has 1 heterocycles. The van der Waals surface area contributed by atoms with Gasteiger partial charge < -0.3 is 19.8 Å². The van der Waals surface area contributed by atoms with E-state index in [9.17, 15) is 14.7 Å². The topological polar surface area (TPSA) is 87.1 Å². The van der Waals surface area contributed by atoms with Gasteiger partial charge in [-0.1, -0.05) is 12.1 Å². The number of carboxylic acids is 1. The number of carbonyl (C=O) groups is 2. The van der Waals surface area contributed by atoms with Gasteiger partial charge in [-0.2, -0.15) is 0 Å². The van der Waals surface area contributed by atoms with Gasteiger partial charge >= 0.3 is 5.97 Å². The summed E-state index contributed by atoms with van der Waals surface area (Å²) in [7, 11) is 0. The summed E-state index contributed by atoms with van der Waals surface area (Å²) >= 11 is 3.39. The molecule has 0 spiro atoms. The Labute approximate surface area is 143 Å².